The molecule has 12 nitrogen and oxygen atoms in total. The zero-order valence-corrected chi connectivity index (χ0v) is 39.8. The first-order valence-corrected chi connectivity index (χ1v) is 23.1. The van der Waals surface area contributed by atoms with Gasteiger partial charge in [-0.25, -0.2) is 0 Å². The number of halogens is 6. The SMILES string of the molecule is Cc1c(OC[C@@H](C)N)ccc([C@H](C)N2C[C@@H]3C[C@H]2CN3C(=O)c2ccc(C(F)(F)F)cn2)c1C.Cc1c(OC[C@H](C)N)ccc([C@H](C)N2C[C@@H]3C[C@H]2CN3C(=O)c2ccc(C(F)(F)F)cn2)c1C. The number of nitrogens with two attached hydrogens (primary N) is 2. The molecule has 4 N–H and O–H groups in total. The van der Waals surface area contributed by atoms with Gasteiger partial charge in [0.15, 0.2) is 0 Å². The molecule has 368 valence electrons. The fraction of sp³-hybridized carbons (Fsp3) is 0.520. The van der Waals surface area contributed by atoms with E-state index in [4.69, 9.17) is 20.9 Å². The van der Waals surface area contributed by atoms with Crippen LogP contribution in [0.1, 0.15) is 118 Å². The van der Waals surface area contributed by atoms with E-state index >= 15 is 0 Å². The van der Waals surface area contributed by atoms with Gasteiger partial charge in [-0.15, -0.1) is 0 Å². The number of hydrogen-bond acceptors (Lipinski definition) is 10. The first-order chi connectivity index (χ1) is 31.9. The van der Waals surface area contributed by atoms with E-state index < -0.39 is 23.5 Å². The van der Waals surface area contributed by atoms with Crippen LogP contribution in [0.5, 0.6) is 11.5 Å². The lowest BCUT2D eigenvalue weighted by molar-refractivity contribution is -0.138. The Labute approximate surface area is 394 Å². The number of amides is 2. The number of benzene rings is 2. The Bertz CT molecular complexity index is 2280. The number of hydrogen-bond donors (Lipinski definition) is 2. The molecule has 0 radical (unpaired) electrons. The molecule has 0 unspecified atom stereocenters. The molecule has 8 atom stereocenters. The maximum Gasteiger partial charge on any atom is 0.417 e. The molecular weight excluding hydrogens is 891 g/mol. The maximum atomic E-state index is 12.9. The second kappa shape index (κ2) is 20.0. The van der Waals surface area contributed by atoms with Crippen molar-refractivity contribution in [2.24, 2.45) is 11.5 Å². The molecule has 2 aromatic heterocycles. The fourth-order valence-corrected chi connectivity index (χ4v) is 10.2. The van der Waals surface area contributed by atoms with Crippen LogP contribution in [0, 0.1) is 27.7 Å². The third-order valence-corrected chi connectivity index (χ3v) is 14.2. The highest BCUT2D eigenvalue weighted by Gasteiger charge is 2.49. The highest BCUT2D eigenvalue weighted by Crippen LogP contribution is 2.42. The first-order valence-electron chi connectivity index (χ1n) is 23.1. The number of likely N-dealkylation sites (tertiary alicyclic amines) is 4. The number of alkyl halides is 6. The average Bonchev–Trinajstić information content (AvgIpc) is 4.11. The van der Waals surface area contributed by atoms with E-state index in [1.54, 1.807) is 9.80 Å². The second-order valence-electron chi connectivity index (χ2n) is 19.0. The van der Waals surface area contributed by atoms with Crippen LogP contribution in [0.25, 0.3) is 0 Å². The smallest absolute Gasteiger partial charge is 0.417 e. The molecule has 4 aliphatic heterocycles. The zero-order chi connectivity index (χ0) is 49.6. The van der Waals surface area contributed by atoms with Crippen molar-refractivity contribution in [1.29, 1.82) is 0 Å². The molecule has 4 aliphatic rings. The standard InChI is InChI=1S/2C25H31F3N4O2/c2*1-14(29)13-34-23-8-6-21(15(2)16(23)3)17(4)31-11-20-9-19(31)12-32(20)24(33)22-7-5-18(10-30-22)25(26,27)28/h2*5-8,10,14,17,19-20H,9,11-13,29H2,1-4H3/t14-,17+,19+,20+;14-,17-,19-,20-/m10/s1. The van der Waals surface area contributed by atoms with Crippen LogP contribution in [0.4, 0.5) is 26.3 Å². The summed E-state index contributed by atoms with van der Waals surface area (Å²) in [4.78, 5) is 41.8. The third kappa shape index (κ3) is 10.6. The molecular formula is C50H62F6N8O4. The summed E-state index contributed by atoms with van der Waals surface area (Å²) in [5, 5.41) is 0. The summed E-state index contributed by atoms with van der Waals surface area (Å²) in [6.45, 7) is 19.9. The monoisotopic (exact) mass is 952 g/mol. The van der Waals surface area contributed by atoms with Gasteiger partial charge in [0.25, 0.3) is 11.8 Å². The summed E-state index contributed by atoms with van der Waals surface area (Å²) in [6, 6.07) is 13.1. The minimum absolute atomic E-state index is 0.0269. The summed E-state index contributed by atoms with van der Waals surface area (Å²) in [6.07, 6.45) is -5.79. The lowest BCUT2D eigenvalue weighted by Gasteiger charge is -2.38. The zero-order valence-electron chi connectivity index (χ0n) is 39.8. The molecule has 18 heteroatoms. The van der Waals surface area contributed by atoms with E-state index in [2.05, 4.69) is 73.4 Å². The fourth-order valence-electron chi connectivity index (χ4n) is 10.2. The largest absolute Gasteiger partial charge is 0.492 e. The van der Waals surface area contributed by atoms with Crippen molar-refractivity contribution < 1.29 is 45.4 Å². The maximum absolute atomic E-state index is 12.9. The van der Waals surface area contributed by atoms with E-state index in [1.807, 2.05) is 26.0 Å². The van der Waals surface area contributed by atoms with E-state index in [0.29, 0.717) is 26.3 Å². The van der Waals surface area contributed by atoms with Crippen molar-refractivity contribution in [3.63, 3.8) is 0 Å². The van der Waals surface area contributed by atoms with Crippen LogP contribution in [0.3, 0.4) is 0 Å². The normalized spacial score (nSPS) is 22.2. The van der Waals surface area contributed by atoms with Crippen LogP contribution in [0.15, 0.2) is 60.9 Å². The second-order valence-corrected chi connectivity index (χ2v) is 19.0. The van der Waals surface area contributed by atoms with E-state index in [-0.39, 0.29) is 71.5 Å². The highest BCUT2D eigenvalue weighted by molar-refractivity contribution is 5.93. The van der Waals surface area contributed by atoms with Crippen LogP contribution in [0.2, 0.25) is 0 Å². The van der Waals surface area contributed by atoms with Gasteiger partial charge in [-0.2, -0.15) is 26.3 Å². The molecule has 4 fully saturated rings. The molecule has 68 heavy (non-hydrogen) atoms. The quantitative estimate of drug-likeness (QED) is 0.134. The summed E-state index contributed by atoms with van der Waals surface area (Å²) < 4.78 is 88.5. The summed E-state index contributed by atoms with van der Waals surface area (Å²) in [5.74, 6) is 1.07. The number of rotatable bonds is 12. The van der Waals surface area contributed by atoms with Gasteiger partial charge in [-0.05, 0) is 138 Å². The van der Waals surface area contributed by atoms with Crippen LogP contribution < -0.4 is 20.9 Å². The van der Waals surface area contributed by atoms with Crippen molar-refractivity contribution in [3.8, 4) is 11.5 Å². The number of ether oxygens (including phenoxy) is 2. The van der Waals surface area contributed by atoms with Crippen molar-refractivity contribution in [3.05, 3.63) is 117 Å². The Hall–Kier alpha value is -5.30. The topological polar surface area (TPSA) is 143 Å². The minimum Gasteiger partial charge on any atom is -0.492 e. The lowest BCUT2D eigenvalue weighted by atomic mass is 9.96. The molecule has 0 spiro atoms. The molecule has 8 rings (SSSR count). The summed E-state index contributed by atoms with van der Waals surface area (Å²) in [5.41, 5.74) is 17.0. The predicted octanol–water partition coefficient (Wildman–Crippen LogP) is 8.21. The highest BCUT2D eigenvalue weighted by atomic mass is 19.4. The number of fused-ring (bicyclic) bond motifs is 4. The molecule has 0 aliphatic carbocycles. The van der Waals surface area contributed by atoms with Gasteiger partial charge in [0.1, 0.15) is 36.1 Å². The Morgan fingerprint density at radius 1 is 0.574 bits per heavy atom. The molecule has 4 aromatic rings. The average molecular weight is 953 g/mol. The molecule has 2 amide bonds. The number of carbonyl (C=O) groups excluding carboxylic acids is 2. The molecule has 2 aromatic carbocycles. The summed E-state index contributed by atoms with van der Waals surface area (Å²) >= 11 is 0. The lowest BCUT2D eigenvalue weighted by Crippen LogP contribution is -2.49. The number of carbonyl (C=O) groups is 2. The predicted molar refractivity (Wildman–Crippen MR) is 245 cm³/mol. The van der Waals surface area contributed by atoms with Crippen molar-refractivity contribution in [2.75, 3.05) is 39.4 Å². The van der Waals surface area contributed by atoms with Gasteiger partial charge < -0.3 is 30.7 Å². The van der Waals surface area contributed by atoms with Gasteiger partial charge in [-0.1, -0.05) is 12.1 Å². The van der Waals surface area contributed by atoms with Gasteiger partial charge in [0.05, 0.1) is 11.1 Å². The number of nitrogens with zero attached hydrogens (tertiary/aromatic N) is 6. The minimum atomic E-state index is -4.47. The van der Waals surface area contributed by atoms with Gasteiger partial charge in [-0.3, -0.25) is 29.4 Å². The Morgan fingerprint density at radius 3 is 1.22 bits per heavy atom. The van der Waals surface area contributed by atoms with Crippen molar-refractivity contribution in [2.45, 2.75) is 129 Å². The van der Waals surface area contributed by atoms with E-state index in [1.165, 1.54) is 34.4 Å². The number of pyridine rings is 2. The van der Waals surface area contributed by atoms with Crippen LogP contribution in [-0.4, -0.2) is 117 Å². The number of piperazine rings is 2. The van der Waals surface area contributed by atoms with E-state index in [0.717, 1.165) is 73.1 Å². The Morgan fingerprint density at radius 2 is 0.941 bits per heavy atom. The number of aromatic nitrogens is 2. The van der Waals surface area contributed by atoms with Gasteiger partial charge in [0.2, 0.25) is 0 Å². The van der Waals surface area contributed by atoms with Gasteiger partial charge >= 0.3 is 12.4 Å². The van der Waals surface area contributed by atoms with Crippen molar-refractivity contribution >= 4 is 11.8 Å². The van der Waals surface area contributed by atoms with E-state index in [9.17, 15) is 35.9 Å². The van der Waals surface area contributed by atoms with Crippen LogP contribution >= 0.6 is 0 Å². The molecule has 4 saturated heterocycles. The van der Waals surface area contributed by atoms with Gasteiger partial charge in [0, 0.05) is 86.9 Å². The molecule has 4 bridgehead atoms. The van der Waals surface area contributed by atoms with Crippen molar-refractivity contribution in [1.82, 2.24) is 29.6 Å². The third-order valence-electron chi connectivity index (χ3n) is 14.2. The Kier molecular flexibility index (Phi) is 14.9. The summed E-state index contributed by atoms with van der Waals surface area (Å²) in [7, 11) is 0. The van der Waals surface area contributed by atoms with Crippen LogP contribution in [-0.2, 0) is 12.4 Å². The molecule has 0 saturated carbocycles. The molecule has 6 heterocycles. The Balaban J connectivity index is 0.000000201. The first kappa shape index (κ1) is 50.6.